The molecule has 0 aliphatic carbocycles. The van der Waals surface area contributed by atoms with Crippen LogP contribution in [0.5, 0.6) is 0 Å². The number of halogens is 2. The van der Waals surface area contributed by atoms with E-state index in [1.54, 1.807) is 19.2 Å². The van der Waals surface area contributed by atoms with Gasteiger partial charge in [-0.25, -0.2) is 14.4 Å². The van der Waals surface area contributed by atoms with Crippen LogP contribution < -0.4 is 5.32 Å². The zero-order chi connectivity index (χ0) is 14.1. The van der Waals surface area contributed by atoms with E-state index in [-0.39, 0.29) is 5.82 Å². The summed E-state index contributed by atoms with van der Waals surface area (Å²) in [6, 6.07) is 8.37. The van der Waals surface area contributed by atoms with Crippen LogP contribution in [0.3, 0.4) is 0 Å². The minimum absolute atomic E-state index is 0.302. The van der Waals surface area contributed by atoms with Crippen molar-refractivity contribution >= 4 is 28.6 Å². The summed E-state index contributed by atoms with van der Waals surface area (Å²) in [7, 11) is 1.79. The first-order valence-electron chi connectivity index (χ1n) is 6.13. The smallest absolute Gasteiger partial charge is 0.179 e. The van der Waals surface area contributed by atoms with E-state index in [9.17, 15) is 4.39 Å². The van der Waals surface area contributed by atoms with Crippen molar-refractivity contribution < 1.29 is 4.39 Å². The van der Waals surface area contributed by atoms with Gasteiger partial charge in [-0.15, -0.1) is 0 Å². The standard InChI is InChI=1S/C14H12ClFN4/c1-17-12-6-5-11-14(19-12)20-13(18-11)7-8-9(15)3-2-4-10(8)16/h2-6H,7H2,1H3,(H2,17,18,19,20). The third-order valence-electron chi connectivity index (χ3n) is 3.06. The maximum Gasteiger partial charge on any atom is 0.179 e. The SMILES string of the molecule is CNc1ccc2[nH]c(Cc3c(F)cccc3Cl)nc2n1. The summed E-state index contributed by atoms with van der Waals surface area (Å²) in [6.07, 6.45) is 0.302. The zero-order valence-corrected chi connectivity index (χ0v) is 11.5. The van der Waals surface area contributed by atoms with Gasteiger partial charge in [0, 0.05) is 24.1 Å². The number of pyridine rings is 1. The molecule has 0 unspecified atom stereocenters. The van der Waals surface area contributed by atoms with Crippen LogP contribution in [0.25, 0.3) is 11.2 Å². The quantitative estimate of drug-likeness (QED) is 0.777. The molecule has 0 bridgehead atoms. The molecular formula is C14H12ClFN4. The van der Waals surface area contributed by atoms with Gasteiger partial charge in [0.2, 0.25) is 0 Å². The average molecular weight is 291 g/mol. The summed E-state index contributed by atoms with van der Waals surface area (Å²) in [5.41, 5.74) is 1.84. The molecule has 0 amide bonds. The number of hydrogen-bond acceptors (Lipinski definition) is 3. The largest absolute Gasteiger partial charge is 0.373 e. The molecule has 0 spiro atoms. The highest BCUT2D eigenvalue weighted by Crippen LogP contribution is 2.22. The Bertz CT molecular complexity index is 749. The van der Waals surface area contributed by atoms with Gasteiger partial charge in [0.15, 0.2) is 5.65 Å². The van der Waals surface area contributed by atoms with E-state index in [0.29, 0.717) is 28.5 Å². The van der Waals surface area contributed by atoms with Crippen LogP contribution in [-0.2, 0) is 6.42 Å². The molecule has 3 rings (SSSR count). The molecule has 0 atom stereocenters. The Morgan fingerprint density at radius 3 is 2.85 bits per heavy atom. The maximum atomic E-state index is 13.8. The van der Waals surface area contributed by atoms with Crippen LogP contribution in [0.2, 0.25) is 5.02 Å². The van der Waals surface area contributed by atoms with E-state index in [1.165, 1.54) is 6.07 Å². The van der Waals surface area contributed by atoms with Crippen molar-refractivity contribution in [1.29, 1.82) is 0 Å². The molecule has 2 N–H and O–H groups in total. The number of nitrogens with zero attached hydrogens (tertiary/aromatic N) is 2. The Kier molecular flexibility index (Phi) is 3.28. The van der Waals surface area contributed by atoms with Gasteiger partial charge < -0.3 is 10.3 Å². The minimum Gasteiger partial charge on any atom is -0.373 e. The minimum atomic E-state index is -0.332. The summed E-state index contributed by atoms with van der Waals surface area (Å²) in [6.45, 7) is 0. The second-order valence-electron chi connectivity index (χ2n) is 4.38. The van der Waals surface area contributed by atoms with Crippen molar-refractivity contribution in [3.8, 4) is 0 Å². The zero-order valence-electron chi connectivity index (χ0n) is 10.7. The highest BCUT2D eigenvalue weighted by atomic mass is 35.5. The Balaban J connectivity index is 1.99. The van der Waals surface area contributed by atoms with E-state index in [0.717, 1.165) is 11.3 Å². The van der Waals surface area contributed by atoms with Crippen molar-refractivity contribution in [2.45, 2.75) is 6.42 Å². The third-order valence-corrected chi connectivity index (χ3v) is 3.41. The first kappa shape index (κ1) is 12.9. The van der Waals surface area contributed by atoms with Crippen LogP contribution in [0.1, 0.15) is 11.4 Å². The lowest BCUT2D eigenvalue weighted by molar-refractivity contribution is 0.612. The molecule has 0 radical (unpaired) electrons. The number of hydrogen-bond donors (Lipinski definition) is 2. The molecule has 0 aliphatic rings. The number of aromatic nitrogens is 3. The fourth-order valence-corrected chi connectivity index (χ4v) is 2.26. The summed E-state index contributed by atoms with van der Waals surface area (Å²) < 4.78 is 13.8. The Labute approximate surface area is 120 Å². The highest BCUT2D eigenvalue weighted by molar-refractivity contribution is 6.31. The molecule has 2 heterocycles. The van der Waals surface area contributed by atoms with Crippen molar-refractivity contribution in [3.05, 3.63) is 52.6 Å². The number of fused-ring (bicyclic) bond motifs is 1. The lowest BCUT2D eigenvalue weighted by atomic mass is 10.1. The number of H-pyrrole nitrogens is 1. The number of nitrogens with one attached hydrogen (secondary N) is 2. The molecular weight excluding hydrogens is 279 g/mol. The van der Waals surface area contributed by atoms with E-state index < -0.39 is 0 Å². The molecule has 2 aromatic heterocycles. The average Bonchev–Trinajstić information content (AvgIpc) is 2.84. The van der Waals surface area contributed by atoms with Gasteiger partial charge in [-0.1, -0.05) is 17.7 Å². The van der Waals surface area contributed by atoms with Gasteiger partial charge in [0.25, 0.3) is 0 Å². The van der Waals surface area contributed by atoms with Gasteiger partial charge in [0.1, 0.15) is 17.5 Å². The second-order valence-corrected chi connectivity index (χ2v) is 4.79. The van der Waals surface area contributed by atoms with Crippen LogP contribution in [0, 0.1) is 5.82 Å². The van der Waals surface area contributed by atoms with Crippen LogP contribution in [0.4, 0.5) is 10.2 Å². The van der Waals surface area contributed by atoms with Crippen LogP contribution in [-0.4, -0.2) is 22.0 Å². The van der Waals surface area contributed by atoms with Crippen molar-refractivity contribution in [2.24, 2.45) is 0 Å². The molecule has 0 saturated carbocycles. The number of rotatable bonds is 3. The van der Waals surface area contributed by atoms with Crippen LogP contribution >= 0.6 is 11.6 Å². The van der Waals surface area contributed by atoms with Crippen molar-refractivity contribution in [3.63, 3.8) is 0 Å². The first-order chi connectivity index (χ1) is 9.67. The summed E-state index contributed by atoms with van der Waals surface area (Å²) in [4.78, 5) is 11.8. The topological polar surface area (TPSA) is 53.6 Å². The predicted molar refractivity (Wildman–Crippen MR) is 77.7 cm³/mol. The molecule has 0 fully saturated rings. The molecule has 3 aromatic rings. The van der Waals surface area contributed by atoms with E-state index in [1.807, 2.05) is 12.1 Å². The fourth-order valence-electron chi connectivity index (χ4n) is 2.03. The fraction of sp³-hybridized carbons (Fsp3) is 0.143. The summed E-state index contributed by atoms with van der Waals surface area (Å²) in [5, 5.41) is 3.35. The van der Waals surface area contributed by atoms with Gasteiger partial charge >= 0.3 is 0 Å². The van der Waals surface area contributed by atoms with E-state index in [4.69, 9.17) is 11.6 Å². The number of anilines is 1. The molecule has 0 saturated heterocycles. The highest BCUT2D eigenvalue weighted by Gasteiger charge is 2.11. The number of imidazole rings is 1. The Morgan fingerprint density at radius 2 is 2.10 bits per heavy atom. The van der Waals surface area contributed by atoms with Crippen LogP contribution in [0.15, 0.2) is 30.3 Å². The number of aromatic amines is 1. The lowest BCUT2D eigenvalue weighted by Gasteiger charge is -2.02. The molecule has 4 nitrogen and oxygen atoms in total. The summed E-state index contributed by atoms with van der Waals surface area (Å²) in [5.74, 6) is 1.04. The van der Waals surface area contributed by atoms with Gasteiger partial charge in [-0.05, 0) is 24.3 Å². The van der Waals surface area contributed by atoms with Crippen molar-refractivity contribution in [1.82, 2.24) is 15.0 Å². The number of benzene rings is 1. The third kappa shape index (κ3) is 2.32. The molecule has 6 heteroatoms. The monoisotopic (exact) mass is 290 g/mol. The van der Waals surface area contributed by atoms with E-state index >= 15 is 0 Å². The van der Waals surface area contributed by atoms with Crippen molar-refractivity contribution in [2.75, 3.05) is 12.4 Å². The molecule has 20 heavy (non-hydrogen) atoms. The lowest BCUT2D eigenvalue weighted by Crippen LogP contribution is -1.95. The molecule has 0 aliphatic heterocycles. The predicted octanol–water partition coefficient (Wildman–Crippen LogP) is 3.38. The van der Waals surface area contributed by atoms with Gasteiger partial charge in [0.05, 0.1) is 5.52 Å². The van der Waals surface area contributed by atoms with E-state index in [2.05, 4.69) is 20.3 Å². The van der Waals surface area contributed by atoms with Gasteiger partial charge in [-0.3, -0.25) is 0 Å². The van der Waals surface area contributed by atoms with Gasteiger partial charge in [-0.2, -0.15) is 0 Å². The second kappa shape index (κ2) is 5.09. The first-order valence-corrected chi connectivity index (χ1v) is 6.51. The summed E-state index contributed by atoms with van der Waals surface area (Å²) >= 11 is 6.02. The molecule has 1 aromatic carbocycles. The Morgan fingerprint density at radius 1 is 1.25 bits per heavy atom. The molecule has 102 valence electrons. The normalized spacial score (nSPS) is 10.9. The maximum absolute atomic E-state index is 13.8. The Hall–Kier alpha value is -2.14.